The minimum Gasteiger partial charge on any atom is -0.353 e. The Morgan fingerprint density at radius 1 is 1.37 bits per heavy atom. The number of rotatable bonds is 6. The van der Waals surface area contributed by atoms with Crippen LogP contribution in [0, 0.1) is 17.6 Å². The second kappa shape index (κ2) is 7.19. The Hall–Kier alpha value is -1.49. The maximum Gasteiger partial charge on any atom is 0.224 e. The summed E-state index contributed by atoms with van der Waals surface area (Å²) < 4.78 is 26.4. The van der Waals surface area contributed by atoms with E-state index in [0.717, 1.165) is 6.07 Å². The normalized spacial score (nSPS) is 12.5. The zero-order chi connectivity index (χ0) is 14.4. The zero-order valence-corrected chi connectivity index (χ0v) is 11.2. The van der Waals surface area contributed by atoms with Gasteiger partial charge in [-0.3, -0.25) is 4.79 Å². The largest absolute Gasteiger partial charge is 0.353 e. The van der Waals surface area contributed by atoms with E-state index in [1.165, 1.54) is 12.1 Å². The molecule has 0 radical (unpaired) electrons. The van der Waals surface area contributed by atoms with Crippen molar-refractivity contribution in [1.29, 1.82) is 0 Å². The number of carbonyl (C=O) groups is 1. The quantitative estimate of drug-likeness (QED) is 0.830. The molecule has 0 aliphatic heterocycles. The molecule has 1 atom stereocenters. The van der Waals surface area contributed by atoms with Crippen molar-refractivity contribution in [2.45, 2.75) is 32.7 Å². The topological polar surface area (TPSA) is 55.1 Å². The molecule has 5 heteroatoms. The van der Waals surface area contributed by atoms with Crippen molar-refractivity contribution in [3.05, 3.63) is 35.4 Å². The third kappa shape index (κ3) is 4.59. The summed E-state index contributed by atoms with van der Waals surface area (Å²) in [6.07, 6.45) is 0.492. The number of halogens is 2. The van der Waals surface area contributed by atoms with Gasteiger partial charge >= 0.3 is 0 Å². The molecule has 19 heavy (non-hydrogen) atoms. The lowest BCUT2D eigenvalue weighted by Crippen LogP contribution is -2.40. The van der Waals surface area contributed by atoms with Gasteiger partial charge in [0.25, 0.3) is 0 Å². The highest BCUT2D eigenvalue weighted by atomic mass is 19.2. The molecule has 106 valence electrons. The first-order valence-corrected chi connectivity index (χ1v) is 6.38. The number of hydrogen-bond donors (Lipinski definition) is 2. The number of nitrogens with one attached hydrogen (secondary N) is 1. The van der Waals surface area contributed by atoms with E-state index in [9.17, 15) is 13.6 Å². The summed E-state index contributed by atoms with van der Waals surface area (Å²) in [6, 6.07) is 3.78. The SMILES string of the molecule is CC(C)C(CCN)NC(=O)Cc1cccc(F)c1F. The van der Waals surface area contributed by atoms with Gasteiger partial charge in [-0.1, -0.05) is 26.0 Å². The van der Waals surface area contributed by atoms with Crippen LogP contribution in [-0.4, -0.2) is 18.5 Å². The number of carbonyl (C=O) groups excluding carboxylic acids is 1. The molecule has 3 N–H and O–H groups in total. The number of nitrogens with two attached hydrogens (primary N) is 1. The van der Waals surface area contributed by atoms with Crippen LogP contribution in [0.15, 0.2) is 18.2 Å². The Kier molecular flexibility index (Phi) is 5.89. The lowest BCUT2D eigenvalue weighted by atomic mass is 10.0. The molecule has 0 bridgehead atoms. The molecule has 0 aliphatic carbocycles. The van der Waals surface area contributed by atoms with Crippen molar-refractivity contribution in [2.24, 2.45) is 11.7 Å². The molecule has 0 heterocycles. The summed E-state index contributed by atoms with van der Waals surface area (Å²) in [5, 5.41) is 2.80. The first kappa shape index (κ1) is 15.6. The standard InChI is InChI=1S/C14H20F2N2O/c1-9(2)12(6-7-17)18-13(19)8-10-4-3-5-11(15)14(10)16/h3-5,9,12H,6-8,17H2,1-2H3,(H,18,19). The first-order chi connectivity index (χ1) is 8.95. The van der Waals surface area contributed by atoms with Gasteiger partial charge in [-0.2, -0.15) is 0 Å². The van der Waals surface area contributed by atoms with Gasteiger partial charge in [0.05, 0.1) is 6.42 Å². The lowest BCUT2D eigenvalue weighted by Gasteiger charge is -2.21. The molecule has 1 aromatic carbocycles. The van der Waals surface area contributed by atoms with Crippen LogP contribution in [0.5, 0.6) is 0 Å². The monoisotopic (exact) mass is 270 g/mol. The highest BCUT2D eigenvalue weighted by molar-refractivity contribution is 5.78. The fourth-order valence-electron chi connectivity index (χ4n) is 1.87. The molecule has 0 spiro atoms. The zero-order valence-electron chi connectivity index (χ0n) is 11.2. The van der Waals surface area contributed by atoms with Crippen molar-refractivity contribution in [3.63, 3.8) is 0 Å². The van der Waals surface area contributed by atoms with Crippen molar-refractivity contribution in [2.75, 3.05) is 6.54 Å². The maximum atomic E-state index is 13.4. The van der Waals surface area contributed by atoms with Gasteiger partial charge in [0.1, 0.15) is 0 Å². The molecule has 3 nitrogen and oxygen atoms in total. The molecular weight excluding hydrogens is 250 g/mol. The summed E-state index contributed by atoms with van der Waals surface area (Å²) in [6.45, 7) is 4.42. The predicted molar refractivity (Wildman–Crippen MR) is 70.5 cm³/mol. The summed E-state index contributed by atoms with van der Waals surface area (Å²) in [4.78, 5) is 11.8. The van der Waals surface area contributed by atoms with Crippen LogP contribution in [0.4, 0.5) is 8.78 Å². The second-order valence-corrected chi connectivity index (χ2v) is 4.89. The van der Waals surface area contributed by atoms with Crippen molar-refractivity contribution >= 4 is 5.91 Å². The molecule has 1 unspecified atom stereocenters. The van der Waals surface area contributed by atoms with Gasteiger partial charge < -0.3 is 11.1 Å². The fraction of sp³-hybridized carbons (Fsp3) is 0.500. The van der Waals surface area contributed by atoms with Crippen LogP contribution in [0.25, 0.3) is 0 Å². The average molecular weight is 270 g/mol. The summed E-state index contributed by atoms with van der Waals surface area (Å²) in [5.41, 5.74) is 5.54. The molecule has 0 saturated carbocycles. The minimum atomic E-state index is -0.961. The van der Waals surface area contributed by atoms with E-state index in [4.69, 9.17) is 5.73 Å². The van der Waals surface area contributed by atoms with Gasteiger partial charge in [0, 0.05) is 11.6 Å². The van der Waals surface area contributed by atoms with Crippen LogP contribution in [0.2, 0.25) is 0 Å². The van der Waals surface area contributed by atoms with Crippen LogP contribution in [-0.2, 0) is 11.2 Å². The third-order valence-electron chi connectivity index (χ3n) is 3.01. The van der Waals surface area contributed by atoms with Crippen molar-refractivity contribution in [1.82, 2.24) is 5.32 Å². The highest BCUT2D eigenvalue weighted by Crippen LogP contribution is 2.12. The smallest absolute Gasteiger partial charge is 0.224 e. The Labute approximate surface area is 112 Å². The molecule has 0 saturated heterocycles. The average Bonchev–Trinajstić information content (AvgIpc) is 2.34. The molecule has 1 rings (SSSR count). The van der Waals surface area contributed by atoms with E-state index >= 15 is 0 Å². The van der Waals surface area contributed by atoms with Gasteiger partial charge in [-0.05, 0) is 24.9 Å². The van der Waals surface area contributed by atoms with E-state index in [1.807, 2.05) is 13.8 Å². The van der Waals surface area contributed by atoms with E-state index in [-0.39, 0.29) is 29.9 Å². The van der Waals surface area contributed by atoms with E-state index in [0.29, 0.717) is 13.0 Å². The highest BCUT2D eigenvalue weighted by Gasteiger charge is 2.17. The molecular formula is C14H20F2N2O. The summed E-state index contributed by atoms with van der Waals surface area (Å²) in [7, 11) is 0. The van der Waals surface area contributed by atoms with Crippen LogP contribution < -0.4 is 11.1 Å². The Bertz CT molecular complexity index is 435. The Morgan fingerprint density at radius 2 is 2.05 bits per heavy atom. The fourth-order valence-corrected chi connectivity index (χ4v) is 1.87. The maximum absolute atomic E-state index is 13.4. The van der Waals surface area contributed by atoms with E-state index in [2.05, 4.69) is 5.32 Å². The molecule has 0 fully saturated rings. The first-order valence-electron chi connectivity index (χ1n) is 6.38. The lowest BCUT2D eigenvalue weighted by molar-refractivity contribution is -0.121. The van der Waals surface area contributed by atoms with Crippen LogP contribution in [0.1, 0.15) is 25.8 Å². The van der Waals surface area contributed by atoms with Crippen LogP contribution in [0.3, 0.4) is 0 Å². The third-order valence-corrected chi connectivity index (χ3v) is 3.01. The Morgan fingerprint density at radius 3 is 2.63 bits per heavy atom. The number of amides is 1. The van der Waals surface area contributed by atoms with Crippen molar-refractivity contribution < 1.29 is 13.6 Å². The van der Waals surface area contributed by atoms with E-state index < -0.39 is 11.6 Å². The van der Waals surface area contributed by atoms with Crippen molar-refractivity contribution in [3.8, 4) is 0 Å². The van der Waals surface area contributed by atoms with Gasteiger partial charge in [-0.15, -0.1) is 0 Å². The number of hydrogen-bond acceptors (Lipinski definition) is 2. The molecule has 1 amide bonds. The summed E-state index contributed by atoms with van der Waals surface area (Å²) in [5.74, 6) is -1.98. The molecule has 1 aromatic rings. The van der Waals surface area contributed by atoms with Gasteiger partial charge in [0.2, 0.25) is 5.91 Å². The predicted octanol–water partition coefficient (Wildman–Crippen LogP) is 2.00. The van der Waals surface area contributed by atoms with E-state index in [1.54, 1.807) is 0 Å². The molecule has 0 aliphatic rings. The van der Waals surface area contributed by atoms with Gasteiger partial charge in [-0.25, -0.2) is 8.78 Å². The molecule has 0 aromatic heterocycles. The number of benzene rings is 1. The minimum absolute atomic E-state index is 0.0471. The van der Waals surface area contributed by atoms with Crippen LogP contribution >= 0.6 is 0 Å². The Balaban J connectivity index is 2.66. The summed E-state index contributed by atoms with van der Waals surface area (Å²) >= 11 is 0. The second-order valence-electron chi connectivity index (χ2n) is 4.89. The van der Waals surface area contributed by atoms with Gasteiger partial charge in [0.15, 0.2) is 11.6 Å².